The maximum absolute atomic E-state index is 11.8. The van der Waals surface area contributed by atoms with Crippen LogP contribution in [0, 0.1) is 0 Å². The van der Waals surface area contributed by atoms with E-state index in [1.54, 1.807) is 4.90 Å². The van der Waals surface area contributed by atoms with Gasteiger partial charge in [-0.3, -0.25) is 4.79 Å². The van der Waals surface area contributed by atoms with Crippen LogP contribution in [0.25, 0.3) is 0 Å². The summed E-state index contributed by atoms with van der Waals surface area (Å²) >= 11 is 5.07. The highest BCUT2D eigenvalue weighted by Crippen LogP contribution is 2.08. The van der Waals surface area contributed by atoms with Crippen LogP contribution in [0.4, 0.5) is 0 Å². The van der Waals surface area contributed by atoms with E-state index in [1.165, 1.54) is 6.08 Å². The second kappa shape index (κ2) is 5.33. The van der Waals surface area contributed by atoms with Crippen LogP contribution in [0.3, 0.4) is 0 Å². The van der Waals surface area contributed by atoms with Crippen molar-refractivity contribution in [2.24, 2.45) is 0 Å². The van der Waals surface area contributed by atoms with Crippen molar-refractivity contribution in [3.05, 3.63) is 11.5 Å². The molecule has 2 heterocycles. The number of sulfone groups is 1. The van der Waals surface area contributed by atoms with Crippen molar-refractivity contribution in [1.82, 2.24) is 10.2 Å². The molecule has 0 saturated carbocycles. The topological polar surface area (TPSA) is 75.7 Å². The minimum Gasteiger partial charge on any atom is -0.378 e. The van der Waals surface area contributed by atoms with Gasteiger partial charge in [-0.05, 0) is 6.08 Å². The van der Waals surface area contributed by atoms with Crippen molar-refractivity contribution in [1.29, 1.82) is 0 Å². The monoisotopic (exact) mass is 290 g/mol. The van der Waals surface area contributed by atoms with Crippen molar-refractivity contribution in [3.8, 4) is 0 Å². The summed E-state index contributed by atoms with van der Waals surface area (Å²) in [5.41, 5.74) is 0. The standard InChI is InChI=1S/C10H14N2O4S2/c13-9(10(17)12-2-4-16-5-3-12)11-8-1-6-18(14,15)7-8/h1,6,8H,2-5,7H2,(H,11,13). The highest BCUT2D eigenvalue weighted by molar-refractivity contribution is 7.94. The van der Waals surface area contributed by atoms with Crippen LogP contribution >= 0.6 is 12.2 Å². The summed E-state index contributed by atoms with van der Waals surface area (Å²) in [6, 6.07) is -0.485. The number of morpholine rings is 1. The molecule has 8 heteroatoms. The van der Waals surface area contributed by atoms with Gasteiger partial charge in [0.1, 0.15) is 0 Å². The molecule has 0 bridgehead atoms. The molecule has 2 aliphatic rings. The second-order valence-electron chi connectivity index (χ2n) is 4.14. The molecule has 0 aromatic heterocycles. The molecule has 1 atom stereocenters. The maximum Gasteiger partial charge on any atom is 0.279 e. The number of rotatable bonds is 1. The predicted octanol–water partition coefficient (Wildman–Crippen LogP) is -0.927. The molecule has 6 nitrogen and oxygen atoms in total. The normalized spacial score (nSPS) is 26.0. The minimum atomic E-state index is -3.16. The number of amides is 1. The number of ether oxygens (including phenoxy) is 1. The van der Waals surface area contributed by atoms with E-state index in [4.69, 9.17) is 17.0 Å². The average Bonchev–Trinajstić information content (AvgIpc) is 2.68. The first kappa shape index (κ1) is 13.4. The van der Waals surface area contributed by atoms with Crippen LogP contribution in [0.15, 0.2) is 11.5 Å². The third-order valence-electron chi connectivity index (χ3n) is 2.74. The molecule has 18 heavy (non-hydrogen) atoms. The van der Waals surface area contributed by atoms with E-state index in [0.717, 1.165) is 5.41 Å². The van der Waals surface area contributed by atoms with E-state index in [2.05, 4.69) is 5.32 Å². The van der Waals surface area contributed by atoms with Crippen molar-refractivity contribution in [3.63, 3.8) is 0 Å². The lowest BCUT2D eigenvalue weighted by molar-refractivity contribution is -0.115. The Morgan fingerprint density at radius 2 is 2.06 bits per heavy atom. The summed E-state index contributed by atoms with van der Waals surface area (Å²) in [5.74, 6) is -0.497. The van der Waals surface area contributed by atoms with Gasteiger partial charge in [0.2, 0.25) is 0 Å². The van der Waals surface area contributed by atoms with E-state index >= 15 is 0 Å². The summed E-state index contributed by atoms with van der Waals surface area (Å²) in [7, 11) is -3.16. The molecule has 0 radical (unpaired) electrons. The third-order valence-corrected chi connectivity index (χ3v) is 4.58. The van der Waals surface area contributed by atoms with Crippen LogP contribution in [0.1, 0.15) is 0 Å². The van der Waals surface area contributed by atoms with Gasteiger partial charge in [-0.15, -0.1) is 0 Å². The fraction of sp³-hybridized carbons (Fsp3) is 0.600. The molecule has 2 aliphatic heterocycles. The molecular formula is C10H14N2O4S2. The molecule has 1 N–H and O–H groups in total. The SMILES string of the molecule is O=C(NC1C=CS(=O)(=O)C1)C(=S)N1CCOCC1. The fourth-order valence-corrected chi connectivity index (χ4v) is 3.28. The number of thiocarbonyl (C=S) groups is 1. The first-order valence-electron chi connectivity index (χ1n) is 5.56. The summed E-state index contributed by atoms with van der Waals surface area (Å²) in [4.78, 5) is 13.8. The molecule has 1 saturated heterocycles. The van der Waals surface area contributed by atoms with E-state index in [9.17, 15) is 13.2 Å². The molecule has 0 aliphatic carbocycles. The van der Waals surface area contributed by atoms with Gasteiger partial charge >= 0.3 is 0 Å². The zero-order valence-corrected chi connectivity index (χ0v) is 11.3. The first-order chi connectivity index (χ1) is 8.48. The smallest absolute Gasteiger partial charge is 0.279 e. The van der Waals surface area contributed by atoms with Crippen molar-refractivity contribution in [2.45, 2.75) is 6.04 Å². The quantitative estimate of drug-likeness (QED) is 0.629. The number of carbonyl (C=O) groups is 1. The van der Waals surface area contributed by atoms with Crippen molar-refractivity contribution < 1.29 is 17.9 Å². The number of carbonyl (C=O) groups excluding carboxylic acids is 1. The Morgan fingerprint density at radius 1 is 1.39 bits per heavy atom. The van der Waals surface area contributed by atoms with Crippen LogP contribution < -0.4 is 5.32 Å². The maximum atomic E-state index is 11.8. The summed E-state index contributed by atoms with van der Waals surface area (Å²) in [6.07, 6.45) is 1.47. The second-order valence-corrected chi connectivity index (χ2v) is 6.46. The van der Waals surface area contributed by atoms with Gasteiger partial charge in [0, 0.05) is 18.5 Å². The van der Waals surface area contributed by atoms with Crippen LogP contribution in [-0.2, 0) is 19.4 Å². The predicted molar refractivity (Wildman–Crippen MR) is 69.8 cm³/mol. The zero-order chi connectivity index (χ0) is 13.2. The minimum absolute atomic E-state index is 0.0928. The molecule has 2 rings (SSSR count). The van der Waals surface area contributed by atoms with E-state index in [1.807, 2.05) is 0 Å². The highest BCUT2D eigenvalue weighted by atomic mass is 32.2. The molecule has 0 aromatic rings. The molecule has 0 aromatic carbocycles. The Labute approximate surface area is 111 Å². The van der Waals surface area contributed by atoms with Crippen LogP contribution in [0.5, 0.6) is 0 Å². The van der Waals surface area contributed by atoms with Gasteiger partial charge in [-0.1, -0.05) is 12.2 Å². The summed E-state index contributed by atoms with van der Waals surface area (Å²) in [6.45, 7) is 2.27. The Hall–Kier alpha value is -0.990. The average molecular weight is 290 g/mol. The van der Waals surface area contributed by atoms with Gasteiger partial charge < -0.3 is 15.0 Å². The Kier molecular flexibility index (Phi) is 3.98. The Balaban J connectivity index is 1.88. The number of hydrogen-bond donors (Lipinski definition) is 1. The van der Waals surface area contributed by atoms with Crippen molar-refractivity contribution in [2.75, 3.05) is 32.1 Å². The molecular weight excluding hydrogens is 276 g/mol. The number of hydrogen-bond acceptors (Lipinski definition) is 5. The van der Waals surface area contributed by atoms with E-state index in [-0.39, 0.29) is 10.7 Å². The van der Waals surface area contributed by atoms with Gasteiger partial charge in [0.05, 0.1) is 25.0 Å². The molecule has 1 fully saturated rings. The van der Waals surface area contributed by atoms with E-state index < -0.39 is 21.8 Å². The lowest BCUT2D eigenvalue weighted by Crippen LogP contribution is -2.49. The van der Waals surface area contributed by atoms with Gasteiger partial charge in [0.15, 0.2) is 14.8 Å². The number of nitrogens with zero attached hydrogens (tertiary/aromatic N) is 1. The molecule has 0 spiro atoms. The lowest BCUT2D eigenvalue weighted by Gasteiger charge is -2.28. The van der Waals surface area contributed by atoms with Gasteiger partial charge in [-0.2, -0.15) is 0 Å². The highest BCUT2D eigenvalue weighted by Gasteiger charge is 2.26. The third kappa shape index (κ3) is 3.27. The Morgan fingerprint density at radius 3 is 2.61 bits per heavy atom. The zero-order valence-electron chi connectivity index (χ0n) is 9.66. The molecule has 1 amide bonds. The van der Waals surface area contributed by atoms with Crippen molar-refractivity contribution >= 4 is 33.0 Å². The van der Waals surface area contributed by atoms with Gasteiger partial charge in [0.25, 0.3) is 5.91 Å². The lowest BCUT2D eigenvalue weighted by atomic mass is 10.3. The summed E-state index contributed by atoms with van der Waals surface area (Å²) in [5, 5.41) is 3.72. The number of nitrogens with one attached hydrogen (secondary N) is 1. The van der Waals surface area contributed by atoms with Gasteiger partial charge in [-0.25, -0.2) is 8.42 Å². The van der Waals surface area contributed by atoms with Crippen LogP contribution in [0.2, 0.25) is 0 Å². The molecule has 1 unspecified atom stereocenters. The fourth-order valence-electron chi connectivity index (χ4n) is 1.81. The largest absolute Gasteiger partial charge is 0.378 e. The van der Waals surface area contributed by atoms with E-state index in [0.29, 0.717) is 26.3 Å². The Bertz CT molecular complexity index is 480. The summed E-state index contributed by atoms with van der Waals surface area (Å²) < 4.78 is 27.6. The first-order valence-corrected chi connectivity index (χ1v) is 7.69. The molecule has 100 valence electrons. The van der Waals surface area contributed by atoms with Crippen LogP contribution in [-0.4, -0.2) is 62.3 Å².